The summed E-state index contributed by atoms with van der Waals surface area (Å²) in [5.41, 5.74) is 2.10. The molecule has 1 aromatic heterocycles. The van der Waals surface area contributed by atoms with Crippen LogP contribution in [-0.2, 0) is 9.53 Å². The van der Waals surface area contributed by atoms with Crippen molar-refractivity contribution in [1.29, 1.82) is 0 Å². The first-order chi connectivity index (χ1) is 14.9. The molecule has 31 heavy (non-hydrogen) atoms. The van der Waals surface area contributed by atoms with Crippen LogP contribution in [0.1, 0.15) is 31.2 Å². The summed E-state index contributed by atoms with van der Waals surface area (Å²) in [7, 11) is 1.25. The predicted molar refractivity (Wildman–Crippen MR) is 120 cm³/mol. The summed E-state index contributed by atoms with van der Waals surface area (Å²) < 4.78 is 10.4. The van der Waals surface area contributed by atoms with E-state index in [0.29, 0.717) is 21.9 Å². The highest BCUT2D eigenvalue weighted by Gasteiger charge is 2.26. The largest absolute Gasteiger partial charge is 0.483 e. The molecule has 3 rings (SSSR count). The maximum Gasteiger partial charge on any atom is 0.341 e. The highest BCUT2D eigenvalue weighted by atomic mass is 32.1. The van der Waals surface area contributed by atoms with Gasteiger partial charge in [-0.3, -0.25) is 9.59 Å². The van der Waals surface area contributed by atoms with Crippen molar-refractivity contribution >= 4 is 39.8 Å². The number of aryl methyl sites for hydroxylation is 1. The van der Waals surface area contributed by atoms with Crippen molar-refractivity contribution in [3.05, 3.63) is 76.2 Å². The Kier molecular flexibility index (Phi) is 7.04. The Morgan fingerprint density at radius 1 is 0.935 bits per heavy atom. The summed E-state index contributed by atoms with van der Waals surface area (Å²) in [6.45, 7) is 3.28. The molecular formula is C23H22N2O5S. The molecule has 0 saturated carbocycles. The summed E-state index contributed by atoms with van der Waals surface area (Å²) in [6, 6.07) is 16.3. The number of rotatable bonds is 7. The van der Waals surface area contributed by atoms with Crippen LogP contribution in [0.15, 0.2) is 54.6 Å². The molecule has 2 aromatic carbocycles. The van der Waals surface area contributed by atoms with E-state index in [1.807, 2.05) is 31.2 Å². The number of amides is 2. The van der Waals surface area contributed by atoms with Gasteiger partial charge in [0.1, 0.15) is 10.8 Å². The number of carbonyl (C=O) groups excluding carboxylic acids is 3. The summed E-state index contributed by atoms with van der Waals surface area (Å²) in [6.07, 6.45) is 0. The highest BCUT2D eigenvalue weighted by molar-refractivity contribution is 7.18. The maximum absolute atomic E-state index is 12.8. The third-order valence-corrected chi connectivity index (χ3v) is 5.69. The third kappa shape index (κ3) is 5.29. The number of benzene rings is 2. The lowest BCUT2D eigenvalue weighted by molar-refractivity contribution is -0.118. The van der Waals surface area contributed by atoms with Crippen LogP contribution < -0.4 is 15.4 Å². The fourth-order valence-electron chi connectivity index (χ4n) is 2.90. The molecule has 0 aliphatic heterocycles. The van der Waals surface area contributed by atoms with Gasteiger partial charge in [-0.15, -0.1) is 11.3 Å². The number of carbonyl (C=O) groups is 3. The van der Waals surface area contributed by atoms with Crippen molar-refractivity contribution in [2.45, 2.75) is 13.8 Å². The van der Waals surface area contributed by atoms with E-state index in [4.69, 9.17) is 9.47 Å². The van der Waals surface area contributed by atoms with Crippen LogP contribution in [-0.4, -0.2) is 31.5 Å². The van der Waals surface area contributed by atoms with Gasteiger partial charge in [-0.2, -0.15) is 0 Å². The van der Waals surface area contributed by atoms with Crippen molar-refractivity contribution in [1.82, 2.24) is 0 Å². The molecule has 0 aliphatic rings. The molecule has 0 bridgehead atoms. The van der Waals surface area contributed by atoms with Crippen molar-refractivity contribution < 1.29 is 23.9 Å². The highest BCUT2D eigenvalue weighted by Crippen LogP contribution is 2.34. The van der Waals surface area contributed by atoms with Gasteiger partial charge in [0.15, 0.2) is 6.61 Å². The van der Waals surface area contributed by atoms with Crippen LogP contribution in [0.4, 0.5) is 10.7 Å². The van der Waals surface area contributed by atoms with Gasteiger partial charge >= 0.3 is 5.97 Å². The zero-order chi connectivity index (χ0) is 22.4. The zero-order valence-corrected chi connectivity index (χ0v) is 18.2. The molecule has 7 nitrogen and oxygen atoms in total. The minimum absolute atomic E-state index is 0.148. The Morgan fingerprint density at radius 3 is 2.29 bits per heavy atom. The molecule has 0 saturated heterocycles. The zero-order valence-electron chi connectivity index (χ0n) is 17.4. The van der Waals surface area contributed by atoms with E-state index in [1.54, 1.807) is 37.3 Å². The van der Waals surface area contributed by atoms with Gasteiger partial charge in [0.2, 0.25) is 0 Å². The van der Waals surface area contributed by atoms with Crippen molar-refractivity contribution in [3.8, 4) is 5.75 Å². The average molecular weight is 439 g/mol. The lowest BCUT2D eigenvalue weighted by Crippen LogP contribution is -2.21. The van der Waals surface area contributed by atoms with E-state index < -0.39 is 11.9 Å². The van der Waals surface area contributed by atoms with Gasteiger partial charge in [-0.1, -0.05) is 36.4 Å². The normalized spacial score (nSPS) is 10.3. The van der Waals surface area contributed by atoms with Crippen LogP contribution >= 0.6 is 11.3 Å². The number of ether oxygens (including phenoxy) is 2. The van der Waals surface area contributed by atoms with E-state index in [1.165, 1.54) is 7.11 Å². The van der Waals surface area contributed by atoms with Gasteiger partial charge in [0.05, 0.1) is 17.6 Å². The second-order valence-electron chi connectivity index (χ2n) is 6.67. The summed E-state index contributed by atoms with van der Waals surface area (Å²) in [4.78, 5) is 37.8. The molecule has 0 aliphatic carbocycles. The fraction of sp³-hybridized carbons (Fsp3) is 0.174. The number of anilines is 2. The van der Waals surface area contributed by atoms with E-state index >= 15 is 0 Å². The number of esters is 1. The summed E-state index contributed by atoms with van der Waals surface area (Å²) in [5, 5.41) is 5.69. The molecular weight excluding hydrogens is 416 g/mol. The molecule has 160 valence electrons. The van der Waals surface area contributed by atoms with Gasteiger partial charge in [0, 0.05) is 5.69 Å². The van der Waals surface area contributed by atoms with E-state index in [9.17, 15) is 14.4 Å². The minimum Gasteiger partial charge on any atom is -0.483 e. The quantitative estimate of drug-likeness (QED) is 0.533. The lowest BCUT2D eigenvalue weighted by atomic mass is 10.1. The van der Waals surface area contributed by atoms with Crippen molar-refractivity contribution in [2.75, 3.05) is 24.4 Å². The molecule has 0 fully saturated rings. The summed E-state index contributed by atoms with van der Waals surface area (Å²) in [5.74, 6) is -0.876. The molecule has 0 radical (unpaired) electrons. The smallest absolute Gasteiger partial charge is 0.341 e. The van der Waals surface area contributed by atoms with Crippen LogP contribution in [0.2, 0.25) is 0 Å². The second kappa shape index (κ2) is 9.90. The Hall–Kier alpha value is -3.65. The fourth-order valence-corrected chi connectivity index (χ4v) is 4.01. The van der Waals surface area contributed by atoms with Gasteiger partial charge in [-0.25, -0.2) is 4.79 Å². The van der Waals surface area contributed by atoms with Crippen LogP contribution in [0.25, 0.3) is 0 Å². The Balaban J connectivity index is 1.79. The molecule has 0 unspecified atom stereocenters. The first-order valence-electron chi connectivity index (χ1n) is 9.47. The molecule has 0 atom stereocenters. The average Bonchev–Trinajstić information content (AvgIpc) is 3.09. The first-order valence-corrected chi connectivity index (χ1v) is 10.3. The molecule has 2 amide bonds. The lowest BCUT2D eigenvalue weighted by Gasteiger charge is -2.09. The van der Waals surface area contributed by atoms with Crippen molar-refractivity contribution in [3.63, 3.8) is 0 Å². The Bertz CT molecular complexity index is 1110. The number of methoxy groups -OCH3 is 1. The molecule has 8 heteroatoms. The summed E-state index contributed by atoms with van der Waals surface area (Å²) >= 11 is 1.01. The molecule has 2 N–H and O–H groups in total. The number of hydrogen-bond donors (Lipinski definition) is 2. The predicted octanol–water partition coefficient (Wildman–Crippen LogP) is 4.42. The third-order valence-electron chi connectivity index (χ3n) is 4.48. The molecule has 3 aromatic rings. The van der Waals surface area contributed by atoms with E-state index in [0.717, 1.165) is 16.9 Å². The van der Waals surface area contributed by atoms with E-state index in [2.05, 4.69) is 10.6 Å². The number of hydrogen-bond acceptors (Lipinski definition) is 6. The Labute approximate surface area is 184 Å². The molecule has 0 spiro atoms. The van der Waals surface area contributed by atoms with E-state index in [-0.39, 0.29) is 23.1 Å². The van der Waals surface area contributed by atoms with Crippen LogP contribution in [0.5, 0.6) is 5.75 Å². The van der Waals surface area contributed by atoms with Crippen LogP contribution in [0, 0.1) is 13.8 Å². The van der Waals surface area contributed by atoms with Gasteiger partial charge in [0.25, 0.3) is 11.8 Å². The number of thiophene rings is 1. The monoisotopic (exact) mass is 438 g/mol. The van der Waals surface area contributed by atoms with Crippen LogP contribution in [0.3, 0.4) is 0 Å². The Morgan fingerprint density at radius 2 is 1.61 bits per heavy atom. The number of nitrogens with one attached hydrogen (secondary N) is 2. The first kappa shape index (κ1) is 22.0. The topological polar surface area (TPSA) is 93.7 Å². The van der Waals surface area contributed by atoms with Gasteiger partial charge in [-0.05, 0) is 43.2 Å². The van der Waals surface area contributed by atoms with Gasteiger partial charge < -0.3 is 20.1 Å². The van der Waals surface area contributed by atoms with Crippen molar-refractivity contribution in [2.24, 2.45) is 0 Å². The molecule has 1 heterocycles. The minimum atomic E-state index is -0.636. The maximum atomic E-state index is 12.8. The standard InChI is InChI=1S/C23H22N2O5S/c1-14-9-7-8-12-17(14)30-13-18(26)25-22-19(23(28)29-3)15(2)20(31-22)21(27)24-16-10-5-4-6-11-16/h4-12H,13H2,1-3H3,(H,24,27)(H,25,26). The SMILES string of the molecule is COC(=O)c1c(NC(=O)COc2ccccc2C)sc(C(=O)Nc2ccccc2)c1C. The number of para-hydroxylation sites is 2. The second-order valence-corrected chi connectivity index (χ2v) is 7.70.